The smallest absolute Gasteiger partial charge is 0.00805 e. The third kappa shape index (κ3) is 3.40. The van der Waals surface area contributed by atoms with Crippen LogP contribution in [0.5, 0.6) is 0 Å². The minimum atomic E-state index is 0.762. The number of nitrogens with one attached hydrogen (secondary N) is 1. The molecule has 2 saturated carbocycles. The quantitative estimate of drug-likeness (QED) is 0.785. The summed E-state index contributed by atoms with van der Waals surface area (Å²) in [5.74, 6) is 2.26. The van der Waals surface area contributed by atoms with E-state index in [2.05, 4.69) is 30.9 Å². The minimum absolute atomic E-state index is 0.762. The second-order valence-electron chi connectivity index (χ2n) is 5.59. The molecule has 3 unspecified atom stereocenters. The second kappa shape index (κ2) is 6.30. The van der Waals surface area contributed by atoms with Crippen molar-refractivity contribution < 1.29 is 0 Å². The molecule has 3 atom stereocenters. The molecule has 0 spiro atoms. The van der Waals surface area contributed by atoms with Crippen molar-refractivity contribution in [3.05, 3.63) is 0 Å². The fraction of sp³-hybridized carbons (Fsp3) is 1.00. The van der Waals surface area contributed by atoms with Crippen molar-refractivity contribution in [3.63, 3.8) is 0 Å². The van der Waals surface area contributed by atoms with E-state index >= 15 is 0 Å². The molecular weight excluding hydrogens is 214 g/mol. The topological polar surface area (TPSA) is 12.0 Å². The molecule has 1 nitrogen and oxygen atoms in total. The predicted octanol–water partition coefficient (Wildman–Crippen LogP) is 3.83. The Morgan fingerprint density at radius 1 is 1.19 bits per heavy atom. The molecule has 2 aliphatic rings. The lowest BCUT2D eigenvalue weighted by Gasteiger charge is -2.24. The van der Waals surface area contributed by atoms with E-state index in [0.717, 1.165) is 23.3 Å². The zero-order chi connectivity index (χ0) is 11.4. The van der Waals surface area contributed by atoms with E-state index in [9.17, 15) is 0 Å². The SMILES string of the molecule is CCSC1CCC(NC(C)C2CCCC2)C1. The van der Waals surface area contributed by atoms with E-state index in [-0.39, 0.29) is 0 Å². The molecule has 2 rings (SSSR count). The maximum Gasteiger partial charge on any atom is 0.00805 e. The Morgan fingerprint density at radius 3 is 2.62 bits per heavy atom. The second-order valence-corrected chi connectivity index (χ2v) is 7.16. The van der Waals surface area contributed by atoms with E-state index in [1.165, 1.54) is 50.7 Å². The van der Waals surface area contributed by atoms with Crippen LogP contribution in [0.4, 0.5) is 0 Å². The highest BCUT2D eigenvalue weighted by Crippen LogP contribution is 2.32. The van der Waals surface area contributed by atoms with Gasteiger partial charge in [0.15, 0.2) is 0 Å². The molecule has 0 aromatic heterocycles. The summed E-state index contributed by atoms with van der Waals surface area (Å²) < 4.78 is 0. The van der Waals surface area contributed by atoms with Crippen molar-refractivity contribution >= 4 is 11.8 Å². The van der Waals surface area contributed by atoms with E-state index in [1.54, 1.807) is 0 Å². The maximum atomic E-state index is 3.90. The molecule has 94 valence electrons. The predicted molar refractivity (Wildman–Crippen MR) is 74.1 cm³/mol. The summed E-state index contributed by atoms with van der Waals surface area (Å²) in [5.41, 5.74) is 0. The summed E-state index contributed by atoms with van der Waals surface area (Å²) in [6.07, 6.45) is 10.1. The molecular formula is C14H27NS. The Hall–Kier alpha value is 0.310. The molecule has 0 saturated heterocycles. The number of rotatable bonds is 5. The minimum Gasteiger partial charge on any atom is -0.311 e. The van der Waals surface area contributed by atoms with Crippen LogP contribution in [0, 0.1) is 5.92 Å². The molecule has 2 aliphatic carbocycles. The maximum absolute atomic E-state index is 3.90. The van der Waals surface area contributed by atoms with Crippen LogP contribution in [0.2, 0.25) is 0 Å². The van der Waals surface area contributed by atoms with E-state index < -0.39 is 0 Å². The van der Waals surface area contributed by atoms with Gasteiger partial charge < -0.3 is 5.32 Å². The zero-order valence-electron chi connectivity index (χ0n) is 10.9. The van der Waals surface area contributed by atoms with Gasteiger partial charge in [-0.2, -0.15) is 11.8 Å². The normalized spacial score (nSPS) is 33.4. The van der Waals surface area contributed by atoms with Crippen molar-refractivity contribution in [1.82, 2.24) is 5.32 Å². The van der Waals surface area contributed by atoms with Crippen LogP contribution >= 0.6 is 11.8 Å². The van der Waals surface area contributed by atoms with Crippen LogP contribution in [-0.4, -0.2) is 23.1 Å². The average Bonchev–Trinajstić information content (AvgIpc) is 2.89. The van der Waals surface area contributed by atoms with Gasteiger partial charge in [0.25, 0.3) is 0 Å². The fourth-order valence-corrected chi connectivity index (χ4v) is 4.59. The van der Waals surface area contributed by atoms with Crippen LogP contribution in [0.1, 0.15) is 58.8 Å². The van der Waals surface area contributed by atoms with E-state index in [4.69, 9.17) is 0 Å². The summed E-state index contributed by atoms with van der Waals surface area (Å²) in [5, 5.41) is 4.84. The molecule has 2 heteroatoms. The van der Waals surface area contributed by atoms with Crippen molar-refractivity contribution in [2.24, 2.45) is 5.92 Å². The summed E-state index contributed by atoms with van der Waals surface area (Å²) in [6.45, 7) is 4.70. The Balaban J connectivity index is 1.69. The van der Waals surface area contributed by atoms with Gasteiger partial charge in [0.2, 0.25) is 0 Å². The number of thioether (sulfide) groups is 1. The lowest BCUT2D eigenvalue weighted by atomic mass is 9.99. The van der Waals surface area contributed by atoms with Crippen molar-refractivity contribution in [1.29, 1.82) is 0 Å². The molecule has 0 aromatic carbocycles. The largest absolute Gasteiger partial charge is 0.311 e. The van der Waals surface area contributed by atoms with Crippen molar-refractivity contribution in [3.8, 4) is 0 Å². The lowest BCUT2D eigenvalue weighted by Crippen LogP contribution is -2.39. The van der Waals surface area contributed by atoms with Crippen LogP contribution in [0.15, 0.2) is 0 Å². The van der Waals surface area contributed by atoms with Gasteiger partial charge in [0.1, 0.15) is 0 Å². The third-order valence-corrected chi connectivity index (χ3v) is 5.63. The Kier molecular flexibility index (Phi) is 5.02. The average molecular weight is 241 g/mol. The van der Waals surface area contributed by atoms with Crippen LogP contribution < -0.4 is 5.32 Å². The molecule has 1 N–H and O–H groups in total. The first-order valence-electron chi connectivity index (χ1n) is 7.17. The zero-order valence-corrected chi connectivity index (χ0v) is 11.7. The van der Waals surface area contributed by atoms with Crippen molar-refractivity contribution in [2.75, 3.05) is 5.75 Å². The van der Waals surface area contributed by atoms with Crippen molar-refractivity contribution in [2.45, 2.75) is 76.1 Å². The Bertz CT molecular complexity index is 201. The third-order valence-electron chi connectivity index (χ3n) is 4.39. The van der Waals surface area contributed by atoms with Gasteiger partial charge in [-0.3, -0.25) is 0 Å². The summed E-state index contributed by atoms with van der Waals surface area (Å²) in [4.78, 5) is 0. The molecule has 0 radical (unpaired) electrons. The van der Waals surface area contributed by atoms with Crippen LogP contribution in [-0.2, 0) is 0 Å². The van der Waals surface area contributed by atoms with Gasteiger partial charge in [-0.25, -0.2) is 0 Å². The van der Waals surface area contributed by atoms with Gasteiger partial charge >= 0.3 is 0 Å². The molecule has 16 heavy (non-hydrogen) atoms. The highest BCUT2D eigenvalue weighted by atomic mass is 32.2. The summed E-state index contributed by atoms with van der Waals surface area (Å²) in [7, 11) is 0. The Labute approximate surface area is 105 Å². The monoisotopic (exact) mass is 241 g/mol. The van der Waals surface area contributed by atoms with Gasteiger partial charge in [-0.05, 0) is 50.7 Å². The summed E-state index contributed by atoms with van der Waals surface area (Å²) in [6, 6.07) is 1.58. The first-order chi connectivity index (χ1) is 7.79. The van der Waals surface area contributed by atoms with E-state index in [1.807, 2.05) is 0 Å². The summed E-state index contributed by atoms with van der Waals surface area (Å²) >= 11 is 2.16. The molecule has 0 aromatic rings. The molecule has 0 amide bonds. The molecule has 0 bridgehead atoms. The number of hydrogen-bond donors (Lipinski definition) is 1. The Morgan fingerprint density at radius 2 is 1.94 bits per heavy atom. The molecule has 0 heterocycles. The lowest BCUT2D eigenvalue weighted by molar-refractivity contribution is 0.342. The van der Waals surface area contributed by atoms with Gasteiger partial charge in [-0.1, -0.05) is 19.8 Å². The first kappa shape index (κ1) is 12.8. The molecule has 2 fully saturated rings. The standard InChI is InChI=1S/C14H27NS/c1-3-16-14-9-8-13(10-14)15-11(2)12-6-4-5-7-12/h11-15H,3-10H2,1-2H3. The van der Waals surface area contributed by atoms with E-state index in [0.29, 0.717) is 0 Å². The number of hydrogen-bond acceptors (Lipinski definition) is 2. The van der Waals surface area contributed by atoms with Crippen LogP contribution in [0.25, 0.3) is 0 Å². The van der Waals surface area contributed by atoms with Gasteiger partial charge in [0.05, 0.1) is 0 Å². The highest BCUT2D eigenvalue weighted by molar-refractivity contribution is 7.99. The fourth-order valence-electron chi connectivity index (χ4n) is 3.44. The highest BCUT2D eigenvalue weighted by Gasteiger charge is 2.28. The van der Waals surface area contributed by atoms with Crippen LogP contribution in [0.3, 0.4) is 0 Å². The van der Waals surface area contributed by atoms with Gasteiger partial charge in [0, 0.05) is 17.3 Å². The molecule has 0 aliphatic heterocycles. The van der Waals surface area contributed by atoms with Gasteiger partial charge in [-0.15, -0.1) is 0 Å². The first-order valence-corrected chi connectivity index (χ1v) is 8.22.